The van der Waals surface area contributed by atoms with E-state index in [1.165, 1.54) is 7.11 Å². The lowest BCUT2D eigenvalue weighted by Crippen LogP contribution is -2.20. The molecule has 1 aromatic carbocycles. The Morgan fingerprint density at radius 2 is 2.29 bits per heavy atom. The van der Waals surface area contributed by atoms with Gasteiger partial charge in [-0.2, -0.15) is 0 Å². The quantitative estimate of drug-likeness (QED) is 0.824. The highest BCUT2D eigenvalue weighted by atomic mass is 16.5. The number of aryl methyl sites for hydroxylation is 1. The first-order valence-corrected chi connectivity index (χ1v) is 5.40. The first-order valence-electron chi connectivity index (χ1n) is 5.40. The number of hydrogen-bond donors (Lipinski definition) is 2. The summed E-state index contributed by atoms with van der Waals surface area (Å²) in [6.07, 6.45) is 1.19. The lowest BCUT2D eigenvalue weighted by Gasteiger charge is -2.17. The van der Waals surface area contributed by atoms with E-state index in [1.54, 1.807) is 12.1 Å². The lowest BCUT2D eigenvalue weighted by atomic mass is 10.0. The summed E-state index contributed by atoms with van der Waals surface area (Å²) in [7, 11) is 1.47. The lowest BCUT2D eigenvalue weighted by molar-refractivity contribution is -0.119. The van der Waals surface area contributed by atoms with Crippen molar-refractivity contribution in [1.82, 2.24) is 0 Å². The maximum Gasteiger partial charge on any atom is 0.250 e. The Morgan fingerprint density at radius 3 is 3.06 bits per heavy atom. The maximum atomic E-state index is 11.3. The van der Waals surface area contributed by atoms with Gasteiger partial charge in [-0.3, -0.25) is 9.59 Å². The number of fused-ring (bicyclic) bond motifs is 1. The third kappa shape index (κ3) is 2.82. The van der Waals surface area contributed by atoms with Crippen molar-refractivity contribution in [3.8, 4) is 0 Å². The Hall–Kier alpha value is -1.88. The molecule has 5 nitrogen and oxygen atoms in total. The van der Waals surface area contributed by atoms with Crippen molar-refractivity contribution >= 4 is 23.2 Å². The standard InChI is InChI=1S/C12H14N2O3/c1-17-7-12(16)13-9-3-4-10-8(6-9)2-5-11(15)14-10/h3-4,6H,2,5,7H2,1H3,(H,13,16)(H,14,15). The predicted octanol–water partition coefficient (Wildman–Crippen LogP) is 1.16. The van der Waals surface area contributed by atoms with Crippen LogP contribution < -0.4 is 10.6 Å². The second-order valence-corrected chi connectivity index (χ2v) is 3.90. The molecule has 1 heterocycles. The van der Waals surface area contributed by atoms with Crippen LogP contribution in [0, 0.1) is 0 Å². The minimum atomic E-state index is -0.188. The maximum absolute atomic E-state index is 11.3. The van der Waals surface area contributed by atoms with E-state index in [0.29, 0.717) is 12.8 Å². The van der Waals surface area contributed by atoms with Gasteiger partial charge in [0.1, 0.15) is 6.61 Å². The third-order valence-electron chi connectivity index (χ3n) is 2.56. The zero-order valence-electron chi connectivity index (χ0n) is 9.58. The molecule has 0 aromatic heterocycles. The minimum absolute atomic E-state index is 0.0355. The number of nitrogens with one attached hydrogen (secondary N) is 2. The molecule has 0 atom stereocenters. The van der Waals surface area contributed by atoms with Crippen LogP contribution in [0.4, 0.5) is 11.4 Å². The van der Waals surface area contributed by atoms with Gasteiger partial charge in [-0.15, -0.1) is 0 Å². The van der Waals surface area contributed by atoms with Crippen LogP contribution in [0.3, 0.4) is 0 Å². The van der Waals surface area contributed by atoms with Gasteiger partial charge in [0.25, 0.3) is 0 Å². The molecular weight excluding hydrogens is 220 g/mol. The number of hydrogen-bond acceptors (Lipinski definition) is 3. The number of rotatable bonds is 3. The molecular formula is C12H14N2O3. The summed E-state index contributed by atoms with van der Waals surface area (Å²) in [6.45, 7) is 0.0355. The molecule has 0 bridgehead atoms. The van der Waals surface area contributed by atoms with E-state index in [-0.39, 0.29) is 18.4 Å². The largest absolute Gasteiger partial charge is 0.375 e. The predicted molar refractivity (Wildman–Crippen MR) is 63.9 cm³/mol. The highest BCUT2D eigenvalue weighted by Gasteiger charge is 2.15. The molecule has 0 spiro atoms. The summed E-state index contributed by atoms with van der Waals surface area (Å²) in [5.41, 5.74) is 2.59. The van der Waals surface area contributed by atoms with E-state index in [0.717, 1.165) is 16.9 Å². The van der Waals surface area contributed by atoms with Crippen molar-refractivity contribution in [3.63, 3.8) is 0 Å². The fraction of sp³-hybridized carbons (Fsp3) is 0.333. The first kappa shape index (κ1) is 11.6. The molecule has 5 heteroatoms. The van der Waals surface area contributed by atoms with Gasteiger partial charge < -0.3 is 15.4 Å². The number of carbonyl (C=O) groups excluding carboxylic acids is 2. The Balaban J connectivity index is 2.11. The number of benzene rings is 1. The Bertz CT molecular complexity index is 457. The van der Waals surface area contributed by atoms with Crippen molar-refractivity contribution in [1.29, 1.82) is 0 Å². The summed E-state index contributed by atoms with van der Waals surface area (Å²) in [4.78, 5) is 22.5. The van der Waals surface area contributed by atoms with Crippen LogP contribution in [0.5, 0.6) is 0 Å². The van der Waals surface area contributed by atoms with Crippen molar-refractivity contribution < 1.29 is 14.3 Å². The highest BCUT2D eigenvalue weighted by molar-refractivity contribution is 5.95. The Labute approximate surface area is 99.2 Å². The zero-order chi connectivity index (χ0) is 12.3. The average Bonchev–Trinajstić information content (AvgIpc) is 2.29. The molecule has 2 rings (SSSR count). The molecule has 0 aliphatic carbocycles. The summed E-state index contributed by atoms with van der Waals surface area (Å²) in [6, 6.07) is 5.44. The molecule has 0 saturated carbocycles. The van der Waals surface area contributed by atoms with Crippen LogP contribution in [0.1, 0.15) is 12.0 Å². The Kier molecular flexibility index (Phi) is 3.39. The van der Waals surface area contributed by atoms with Crippen LogP contribution in [0.2, 0.25) is 0 Å². The van der Waals surface area contributed by atoms with Crippen LogP contribution in [0.15, 0.2) is 18.2 Å². The van der Waals surface area contributed by atoms with Crippen molar-refractivity contribution in [2.75, 3.05) is 24.4 Å². The van der Waals surface area contributed by atoms with Crippen molar-refractivity contribution in [3.05, 3.63) is 23.8 Å². The molecule has 0 fully saturated rings. The fourth-order valence-electron chi connectivity index (χ4n) is 1.79. The summed E-state index contributed by atoms with van der Waals surface area (Å²) in [5.74, 6) is -0.152. The molecule has 17 heavy (non-hydrogen) atoms. The second-order valence-electron chi connectivity index (χ2n) is 3.90. The third-order valence-corrected chi connectivity index (χ3v) is 2.56. The molecule has 1 aromatic rings. The summed E-state index contributed by atoms with van der Waals surface area (Å²) in [5, 5.41) is 5.52. The van der Waals surface area contributed by atoms with E-state index in [4.69, 9.17) is 4.74 Å². The van der Waals surface area contributed by atoms with E-state index < -0.39 is 0 Å². The van der Waals surface area contributed by atoms with Gasteiger partial charge in [0.05, 0.1) is 0 Å². The van der Waals surface area contributed by atoms with Gasteiger partial charge in [0, 0.05) is 24.9 Å². The van der Waals surface area contributed by atoms with Crippen LogP contribution >= 0.6 is 0 Å². The van der Waals surface area contributed by atoms with E-state index in [2.05, 4.69) is 10.6 Å². The SMILES string of the molecule is COCC(=O)Nc1ccc2c(c1)CCC(=O)N2. The number of methoxy groups -OCH3 is 1. The highest BCUT2D eigenvalue weighted by Crippen LogP contribution is 2.25. The fourth-order valence-corrected chi connectivity index (χ4v) is 1.79. The monoisotopic (exact) mass is 234 g/mol. The molecule has 2 amide bonds. The van der Waals surface area contributed by atoms with E-state index in [9.17, 15) is 9.59 Å². The summed E-state index contributed by atoms with van der Waals surface area (Å²) >= 11 is 0. The first-order chi connectivity index (χ1) is 8.19. The van der Waals surface area contributed by atoms with Gasteiger partial charge in [-0.1, -0.05) is 0 Å². The molecule has 0 saturated heterocycles. The topological polar surface area (TPSA) is 67.4 Å². The molecule has 0 radical (unpaired) electrons. The number of anilines is 2. The zero-order valence-corrected chi connectivity index (χ0v) is 9.58. The van der Waals surface area contributed by atoms with Gasteiger partial charge >= 0.3 is 0 Å². The Morgan fingerprint density at radius 1 is 1.47 bits per heavy atom. The summed E-state index contributed by atoms with van der Waals surface area (Å²) < 4.78 is 4.73. The second kappa shape index (κ2) is 4.97. The smallest absolute Gasteiger partial charge is 0.250 e. The number of ether oxygens (including phenoxy) is 1. The van der Waals surface area contributed by atoms with Gasteiger partial charge in [0.15, 0.2) is 0 Å². The van der Waals surface area contributed by atoms with Crippen molar-refractivity contribution in [2.24, 2.45) is 0 Å². The van der Waals surface area contributed by atoms with E-state index >= 15 is 0 Å². The molecule has 90 valence electrons. The molecule has 1 aliphatic rings. The van der Waals surface area contributed by atoms with Crippen LogP contribution in [-0.2, 0) is 20.7 Å². The van der Waals surface area contributed by atoms with Gasteiger partial charge in [0.2, 0.25) is 11.8 Å². The van der Waals surface area contributed by atoms with Crippen molar-refractivity contribution in [2.45, 2.75) is 12.8 Å². The average molecular weight is 234 g/mol. The number of carbonyl (C=O) groups is 2. The molecule has 2 N–H and O–H groups in total. The van der Waals surface area contributed by atoms with E-state index in [1.807, 2.05) is 6.07 Å². The van der Waals surface area contributed by atoms with Gasteiger partial charge in [-0.05, 0) is 30.2 Å². The molecule has 1 aliphatic heterocycles. The van der Waals surface area contributed by atoms with Gasteiger partial charge in [-0.25, -0.2) is 0 Å². The van der Waals surface area contributed by atoms with Crippen LogP contribution in [-0.4, -0.2) is 25.5 Å². The normalized spacial score (nSPS) is 13.8. The van der Waals surface area contributed by atoms with Crippen LogP contribution in [0.25, 0.3) is 0 Å². The minimum Gasteiger partial charge on any atom is -0.375 e. The molecule has 0 unspecified atom stereocenters. The number of amides is 2.